The van der Waals surface area contributed by atoms with E-state index in [2.05, 4.69) is 27.7 Å². The van der Waals surface area contributed by atoms with Gasteiger partial charge in [0.05, 0.1) is 0 Å². The number of hydrogen-bond acceptors (Lipinski definition) is 0. The molecule has 0 aliphatic heterocycles. The fraction of sp³-hybridized carbons (Fsp3) is 1.00. The normalized spacial score (nSPS) is 11.8. The van der Waals surface area contributed by atoms with Crippen LogP contribution in [0.1, 0.15) is 169 Å². The van der Waals surface area contributed by atoms with Crippen LogP contribution in [-0.4, -0.2) is 0 Å². The first-order valence-electron chi connectivity index (χ1n) is 13.8. The van der Waals surface area contributed by atoms with E-state index in [0.29, 0.717) is 0 Å². The van der Waals surface area contributed by atoms with E-state index >= 15 is 0 Å². The van der Waals surface area contributed by atoms with Crippen molar-refractivity contribution in [2.75, 3.05) is 0 Å². The van der Waals surface area contributed by atoms with Crippen LogP contribution in [-0.2, 0) is 0 Å². The number of unbranched alkanes of at least 4 members (excludes halogenated alkanes) is 14. The van der Waals surface area contributed by atoms with Gasteiger partial charge in [-0.25, -0.2) is 0 Å². The minimum atomic E-state index is 1.03. The molecule has 0 aliphatic rings. The molecule has 0 saturated carbocycles. The Morgan fingerprint density at radius 3 is 0.750 bits per heavy atom. The van der Waals surface area contributed by atoms with Crippen molar-refractivity contribution in [2.24, 2.45) is 11.8 Å². The maximum absolute atomic E-state index is 2.34. The maximum Gasteiger partial charge on any atom is -0.0386 e. The molecular formula is C28H58. The molecule has 0 atom stereocenters. The lowest BCUT2D eigenvalue weighted by Gasteiger charge is -2.28. The van der Waals surface area contributed by atoms with Crippen LogP contribution in [0.5, 0.6) is 0 Å². The van der Waals surface area contributed by atoms with Crippen LogP contribution in [0, 0.1) is 11.8 Å². The first-order valence-corrected chi connectivity index (χ1v) is 13.8. The molecule has 0 radical (unpaired) electrons. The van der Waals surface area contributed by atoms with E-state index in [-0.39, 0.29) is 0 Å². The number of hydrogen-bond donors (Lipinski definition) is 0. The van der Waals surface area contributed by atoms with E-state index in [1.807, 2.05) is 0 Å². The zero-order valence-electron chi connectivity index (χ0n) is 20.7. The highest BCUT2D eigenvalue weighted by atomic mass is 14.3. The third-order valence-corrected chi connectivity index (χ3v) is 6.88. The van der Waals surface area contributed by atoms with Crippen molar-refractivity contribution >= 4 is 0 Å². The van der Waals surface area contributed by atoms with E-state index in [0.717, 1.165) is 11.8 Å². The van der Waals surface area contributed by atoms with Gasteiger partial charge in [-0.1, -0.05) is 169 Å². The molecule has 0 amide bonds. The first kappa shape index (κ1) is 28.0. The van der Waals surface area contributed by atoms with Crippen molar-refractivity contribution in [3.05, 3.63) is 0 Å². The highest BCUT2D eigenvalue weighted by Gasteiger charge is 2.20. The molecule has 170 valence electrons. The summed E-state index contributed by atoms with van der Waals surface area (Å²) in [4.78, 5) is 0. The summed E-state index contributed by atoms with van der Waals surface area (Å²) in [6.45, 7) is 9.36. The molecule has 0 aliphatic carbocycles. The summed E-state index contributed by atoms with van der Waals surface area (Å²) < 4.78 is 0. The van der Waals surface area contributed by atoms with E-state index in [4.69, 9.17) is 0 Å². The number of rotatable bonds is 23. The molecule has 0 rings (SSSR count). The van der Waals surface area contributed by atoms with Crippen LogP contribution < -0.4 is 0 Å². The molecule has 0 fully saturated rings. The van der Waals surface area contributed by atoms with Crippen molar-refractivity contribution in [2.45, 2.75) is 169 Å². The summed E-state index contributed by atoms with van der Waals surface area (Å²) in [7, 11) is 0. The fourth-order valence-corrected chi connectivity index (χ4v) is 4.92. The Balaban J connectivity index is 4.55. The second-order valence-corrected chi connectivity index (χ2v) is 9.62. The summed E-state index contributed by atoms with van der Waals surface area (Å²) in [6.07, 6.45) is 32.2. The largest absolute Gasteiger partial charge is 0.0654 e. The Kier molecular flexibility index (Phi) is 23.3. The van der Waals surface area contributed by atoms with E-state index in [1.54, 1.807) is 0 Å². The molecular weight excluding hydrogens is 336 g/mol. The van der Waals surface area contributed by atoms with Gasteiger partial charge in [-0.3, -0.25) is 0 Å². The molecule has 0 saturated heterocycles. The van der Waals surface area contributed by atoms with E-state index in [9.17, 15) is 0 Å². The van der Waals surface area contributed by atoms with Gasteiger partial charge < -0.3 is 0 Å². The summed E-state index contributed by atoms with van der Waals surface area (Å²) >= 11 is 0. The van der Waals surface area contributed by atoms with Gasteiger partial charge in [0.25, 0.3) is 0 Å². The van der Waals surface area contributed by atoms with Crippen LogP contribution in [0.3, 0.4) is 0 Å². The molecule has 0 N–H and O–H groups in total. The highest BCUT2D eigenvalue weighted by molar-refractivity contribution is 4.72. The Morgan fingerprint density at radius 1 is 0.286 bits per heavy atom. The SMILES string of the molecule is CCCCCCCC(CCCCCCC)C(CCCCCC)CCCCCC. The van der Waals surface area contributed by atoms with Gasteiger partial charge in [0.15, 0.2) is 0 Å². The van der Waals surface area contributed by atoms with Crippen LogP contribution in [0.15, 0.2) is 0 Å². The van der Waals surface area contributed by atoms with Gasteiger partial charge in [-0.2, -0.15) is 0 Å². The first-order chi connectivity index (χ1) is 13.8. The van der Waals surface area contributed by atoms with Crippen molar-refractivity contribution in [3.8, 4) is 0 Å². The van der Waals surface area contributed by atoms with Gasteiger partial charge in [-0.05, 0) is 11.8 Å². The molecule has 0 aromatic rings. The Bertz CT molecular complexity index is 243. The zero-order valence-corrected chi connectivity index (χ0v) is 20.7. The lowest BCUT2D eigenvalue weighted by molar-refractivity contribution is 0.237. The average molecular weight is 395 g/mol. The topological polar surface area (TPSA) is 0 Å². The average Bonchev–Trinajstić information content (AvgIpc) is 2.71. The molecule has 0 aromatic carbocycles. The molecule has 0 heterocycles. The highest BCUT2D eigenvalue weighted by Crippen LogP contribution is 2.33. The smallest absolute Gasteiger partial charge is 0.0386 e. The second kappa shape index (κ2) is 23.3. The van der Waals surface area contributed by atoms with Gasteiger partial charge in [0, 0.05) is 0 Å². The predicted molar refractivity (Wildman–Crippen MR) is 131 cm³/mol. The molecule has 28 heavy (non-hydrogen) atoms. The Labute approximate surface area is 181 Å². The Morgan fingerprint density at radius 2 is 0.500 bits per heavy atom. The quantitative estimate of drug-likeness (QED) is 0.151. The van der Waals surface area contributed by atoms with Gasteiger partial charge in [-0.15, -0.1) is 0 Å². The van der Waals surface area contributed by atoms with Gasteiger partial charge in [0.1, 0.15) is 0 Å². The molecule has 0 bridgehead atoms. The van der Waals surface area contributed by atoms with E-state index < -0.39 is 0 Å². The van der Waals surface area contributed by atoms with Gasteiger partial charge >= 0.3 is 0 Å². The third kappa shape index (κ3) is 18.1. The minimum absolute atomic E-state index is 1.03. The summed E-state index contributed by atoms with van der Waals surface area (Å²) in [5, 5.41) is 0. The van der Waals surface area contributed by atoms with Crippen LogP contribution in [0.4, 0.5) is 0 Å². The molecule has 0 nitrogen and oxygen atoms in total. The molecule has 0 heteroatoms. The second-order valence-electron chi connectivity index (χ2n) is 9.62. The standard InChI is InChI=1S/C28H58/c1-5-9-13-17-21-25-28(26-22-18-14-10-6-2)27(23-19-15-11-7-3)24-20-16-12-8-4/h27-28H,5-26H2,1-4H3. The molecule has 0 spiro atoms. The van der Waals surface area contributed by atoms with Crippen LogP contribution >= 0.6 is 0 Å². The predicted octanol–water partition coefficient (Wildman–Crippen LogP) is 10.9. The van der Waals surface area contributed by atoms with Crippen molar-refractivity contribution < 1.29 is 0 Å². The monoisotopic (exact) mass is 394 g/mol. The summed E-state index contributed by atoms with van der Waals surface area (Å²) in [6, 6.07) is 0. The summed E-state index contributed by atoms with van der Waals surface area (Å²) in [5.41, 5.74) is 0. The zero-order chi connectivity index (χ0) is 20.7. The molecule has 0 aromatic heterocycles. The van der Waals surface area contributed by atoms with Crippen molar-refractivity contribution in [1.29, 1.82) is 0 Å². The molecule has 0 unspecified atom stereocenters. The maximum atomic E-state index is 2.34. The lowest BCUT2D eigenvalue weighted by Crippen LogP contribution is -2.16. The minimum Gasteiger partial charge on any atom is -0.0654 e. The van der Waals surface area contributed by atoms with Crippen molar-refractivity contribution in [3.63, 3.8) is 0 Å². The van der Waals surface area contributed by atoms with Crippen LogP contribution in [0.2, 0.25) is 0 Å². The summed E-state index contributed by atoms with van der Waals surface area (Å²) in [5.74, 6) is 2.07. The van der Waals surface area contributed by atoms with Crippen LogP contribution in [0.25, 0.3) is 0 Å². The van der Waals surface area contributed by atoms with E-state index in [1.165, 1.54) is 141 Å². The fourth-order valence-electron chi connectivity index (χ4n) is 4.92. The van der Waals surface area contributed by atoms with Gasteiger partial charge in [0.2, 0.25) is 0 Å². The van der Waals surface area contributed by atoms with Crippen molar-refractivity contribution in [1.82, 2.24) is 0 Å². The third-order valence-electron chi connectivity index (χ3n) is 6.88. The lowest BCUT2D eigenvalue weighted by atomic mass is 9.78. The Hall–Kier alpha value is 0.